The number of hydrogen-bond donors (Lipinski definition) is 0. The fourth-order valence-corrected chi connectivity index (χ4v) is 2.10. The van der Waals surface area contributed by atoms with Crippen molar-refractivity contribution in [1.29, 1.82) is 10.5 Å². The van der Waals surface area contributed by atoms with Crippen LogP contribution in [0.25, 0.3) is 0 Å². The predicted octanol–water partition coefficient (Wildman–Crippen LogP) is 2.30. The molecule has 0 aliphatic heterocycles. The van der Waals surface area contributed by atoms with E-state index in [-0.39, 0.29) is 0 Å². The fourth-order valence-electron chi connectivity index (χ4n) is 0.772. The average molecular weight is 164 g/mol. The molecule has 58 valence electrons. The van der Waals surface area contributed by atoms with Crippen molar-refractivity contribution in [2.45, 2.75) is 25.7 Å². The van der Waals surface area contributed by atoms with Gasteiger partial charge in [0.2, 0.25) is 0 Å². The molecule has 0 heterocycles. The molecule has 0 aliphatic carbocycles. The molecule has 0 spiro atoms. The molecule has 0 saturated heterocycles. The maximum atomic E-state index is 8.57. The Balaban J connectivity index is 4.28. The van der Waals surface area contributed by atoms with Crippen molar-refractivity contribution in [3.63, 3.8) is 0 Å². The van der Waals surface area contributed by atoms with Gasteiger partial charge in [-0.15, -0.1) is 0 Å². The number of nitriles is 2. The van der Waals surface area contributed by atoms with Crippen LogP contribution in [0.3, 0.4) is 0 Å². The summed E-state index contributed by atoms with van der Waals surface area (Å²) in [6.45, 7) is 6.53. The molecule has 0 bridgehead atoms. The molecule has 0 radical (unpaired) electrons. The Bertz CT molecular complexity index is 234. The third-order valence-corrected chi connectivity index (χ3v) is 2.54. The lowest BCUT2D eigenvalue weighted by Gasteiger charge is -2.13. The van der Waals surface area contributed by atoms with Gasteiger partial charge >= 0.3 is 0 Å². The molecule has 0 atom stereocenters. The summed E-state index contributed by atoms with van der Waals surface area (Å²) >= 11 is 0. The van der Waals surface area contributed by atoms with E-state index in [9.17, 15) is 0 Å². The molecule has 2 nitrogen and oxygen atoms in total. The van der Waals surface area contributed by atoms with E-state index in [1.54, 1.807) is 0 Å². The van der Waals surface area contributed by atoms with Crippen LogP contribution in [0, 0.1) is 22.7 Å². The Morgan fingerprint density at radius 2 is 1.91 bits per heavy atom. The van der Waals surface area contributed by atoms with E-state index in [1.807, 2.05) is 12.1 Å². The van der Waals surface area contributed by atoms with E-state index >= 15 is 0 Å². The topological polar surface area (TPSA) is 47.6 Å². The second-order valence-corrected chi connectivity index (χ2v) is 9.12. The molecular weight excluding hydrogens is 152 g/mol. The van der Waals surface area contributed by atoms with E-state index in [1.165, 1.54) is 6.08 Å². The van der Waals surface area contributed by atoms with Crippen molar-refractivity contribution in [3.8, 4) is 12.1 Å². The highest BCUT2D eigenvalue weighted by atomic mass is 28.3. The van der Waals surface area contributed by atoms with Crippen LogP contribution in [-0.2, 0) is 0 Å². The summed E-state index contributed by atoms with van der Waals surface area (Å²) in [7, 11) is -1.22. The highest BCUT2D eigenvalue weighted by Crippen LogP contribution is 2.14. The van der Waals surface area contributed by atoms with E-state index in [2.05, 4.69) is 19.6 Å². The van der Waals surface area contributed by atoms with Crippen LogP contribution in [0.5, 0.6) is 0 Å². The normalized spacial score (nSPS) is 11.9. The summed E-state index contributed by atoms with van der Waals surface area (Å²) in [5.74, 6) is 0. The summed E-state index contributed by atoms with van der Waals surface area (Å²) < 4.78 is 0. The van der Waals surface area contributed by atoms with Gasteiger partial charge in [-0.2, -0.15) is 10.5 Å². The third-order valence-electron chi connectivity index (χ3n) is 1.10. The third kappa shape index (κ3) is 5.38. The van der Waals surface area contributed by atoms with Gasteiger partial charge in [-0.25, -0.2) is 0 Å². The first-order valence-electron chi connectivity index (χ1n) is 3.48. The van der Waals surface area contributed by atoms with Crippen LogP contribution in [0.15, 0.2) is 11.6 Å². The fraction of sp³-hybridized carbons (Fsp3) is 0.500. The van der Waals surface area contributed by atoms with Gasteiger partial charge < -0.3 is 0 Å². The van der Waals surface area contributed by atoms with E-state index in [0.29, 0.717) is 5.57 Å². The molecular formula is C8H12N2Si. The van der Waals surface area contributed by atoms with Gasteiger partial charge in [-0.3, -0.25) is 0 Å². The number of allylic oxidation sites excluding steroid dienone is 2. The van der Waals surface area contributed by atoms with Crippen LogP contribution in [-0.4, -0.2) is 8.07 Å². The van der Waals surface area contributed by atoms with E-state index in [4.69, 9.17) is 10.5 Å². The van der Waals surface area contributed by atoms with Crippen molar-refractivity contribution in [3.05, 3.63) is 11.6 Å². The molecule has 0 saturated carbocycles. The molecule has 0 unspecified atom stereocenters. The lowest BCUT2D eigenvalue weighted by Crippen LogP contribution is -2.19. The van der Waals surface area contributed by atoms with Crippen molar-refractivity contribution in [2.75, 3.05) is 0 Å². The quantitative estimate of drug-likeness (QED) is 0.464. The minimum atomic E-state index is -1.22. The van der Waals surface area contributed by atoms with Gasteiger partial charge in [0.1, 0.15) is 0 Å². The summed E-state index contributed by atoms with van der Waals surface area (Å²) in [6.07, 6.45) is 1.35. The first-order chi connectivity index (χ1) is 4.99. The van der Waals surface area contributed by atoms with Crippen molar-refractivity contribution in [1.82, 2.24) is 0 Å². The molecule has 0 N–H and O–H groups in total. The maximum absolute atomic E-state index is 8.57. The Hall–Kier alpha value is -1.06. The predicted molar refractivity (Wildman–Crippen MR) is 47.5 cm³/mol. The highest BCUT2D eigenvalue weighted by Gasteiger charge is 2.14. The lowest BCUT2D eigenvalue weighted by molar-refractivity contribution is 1.37. The molecule has 0 aromatic heterocycles. The van der Waals surface area contributed by atoms with Gasteiger partial charge in [0.25, 0.3) is 0 Å². The van der Waals surface area contributed by atoms with Crippen LogP contribution in [0.4, 0.5) is 0 Å². The molecule has 0 amide bonds. The minimum Gasteiger partial charge on any atom is -0.193 e. The number of hydrogen-bond acceptors (Lipinski definition) is 2. The zero-order chi connectivity index (χ0) is 8.91. The number of nitrogens with zero attached hydrogens (tertiary/aromatic N) is 2. The maximum Gasteiger partial charge on any atom is 0.0951 e. The Labute approximate surface area is 68.8 Å². The summed E-state index contributed by atoms with van der Waals surface area (Å²) in [4.78, 5) is 0. The molecule has 0 aliphatic rings. The van der Waals surface area contributed by atoms with Gasteiger partial charge in [-0.1, -0.05) is 19.6 Å². The minimum absolute atomic E-state index is 0.617. The zero-order valence-corrected chi connectivity index (χ0v) is 8.18. The number of rotatable bonds is 2. The van der Waals surface area contributed by atoms with Gasteiger partial charge in [-0.05, 0) is 6.04 Å². The van der Waals surface area contributed by atoms with Crippen LogP contribution >= 0.6 is 0 Å². The van der Waals surface area contributed by atoms with Crippen molar-refractivity contribution in [2.24, 2.45) is 0 Å². The van der Waals surface area contributed by atoms with E-state index in [0.717, 1.165) is 6.04 Å². The molecule has 0 aromatic rings. The van der Waals surface area contributed by atoms with Gasteiger partial charge in [0, 0.05) is 19.7 Å². The van der Waals surface area contributed by atoms with Gasteiger partial charge in [0.15, 0.2) is 0 Å². The van der Waals surface area contributed by atoms with Crippen LogP contribution in [0.2, 0.25) is 25.7 Å². The first-order valence-corrected chi connectivity index (χ1v) is 7.19. The Morgan fingerprint density at radius 3 is 2.18 bits per heavy atom. The Morgan fingerprint density at radius 1 is 1.36 bits per heavy atom. The second-order valence-electron chi connectivity index (χ2n) is 3.65. The Kier molecular flexibility index (Phi) is 3.57. The molecule has 11 heavy (non-hydrogen) atoms. The van der Waals surface area contributed by atoms with Gasteiger partial charge in [0.05, 0.1) is 12.1 Å². The molecule has 0 aromatic carbocycles. The van der Waals surface area contributed by atoms with E-state index < -0.39 is 8.07 Å². The van der Waals surface area contributed by atoms with Crippen LogP contribution in [0.1, 0.15) is 0 Å². The highest BCUT2D eigenvalue weighted by molar-refractivity contribution is 6.76. The summed E-state index contributed by atoms with van der Waals surface area (Å²) in [5, 5.41) is 16.9. The molecule has 0 rings (SSSR count). The van der Waals surface area contributed by atoms with Crippen molar-refractivity contribution >= 4 is 8.07 Å². The monoisotopic (exact) mass is 164 g/mol. The van der Waals surface area contributed by atoms with Crippen LogP contribution < -0.4 is 0 Å². The average Bonchev–Trinajstić information content (AvgIpc) is 1.84. The largest absolute Gasteiger partial charge is 0.193 e. The summed E-state index contributed by atoms with van der Waals surface area (Å²) in [5.41, 5.74) is 0.617. The molecule has 0 fully saturated rings. The second kappa shape index (κ2) is 3.95. The first kappa shape index (κ1) is 9.94. The smallest absolute Gasteiger partial charge is 0.0951 e. The summed E-state index contributed by atoms with van der Waals surface area (Å²) in [6, 6.07) is 4.71. The lowest BCUT2D eigenvalue weighted by atomic mass is 10.3. The standard InChI is InChI=1S/C8H12N2Si/c1-11(2,3)7-8(6-10)4-5-9/h4H,7H2,1-3H3/b8-4+. The van der Waals surface area contributed by atoms with Crippen molar-refractivity contribution < 1.29 is 0 Å². The SMILES string of the molecule is C[Si](C)(C)C/C(C#N)=C/C#N. The molecule has 3 heteroatoms. The zero-order valence-electron chi connectivity index (χ0n) is 7.18.